The van der Waals surface area contributed by atoms with Crippen molar-refractivity contribution in [1.82, 2.24) is 0 Å². The standard InChI is InChI=1S/C11H10N2O4/c12-4-5-17-9-3-1-2-8(6-9)13-10(14)7-11(15)16/h1-3,6H,5,7H2,(H,13,14)(H,15,16). The Labute approximate surface area is 97.4 Å². The van der Waals surface area contributed by atoms with Gasteiger partial charge in [0.15, 0.2) is 6.61 Å². The summed E-state index contributed by atoms with van der Waals surface area (Å²) >= 11 is 0. The van der Waals surface area contributed by atoms with Crippen LogP contribution < -0.4 is 10.1 Å². The molecule has 0 spiro atoms. The average molecular weight is 234 g/mol. The van der Waals surface area contributed by atoms with Crippen LogP contribution in [0.4, 0.5) is 5.69 Å². The molecule has 1 amide bonds. The van der Waals surface area contributed by atoms with Crippen molar-refractivity contribution in [1.29, 1.82) is 5.26 Å². The lowest BCUT2D eigenvalue weighted by Gasteiger charge is -2.06. The van der Waals surface area contributed by atoms with Gasteiger partial charge in [0.05, 0.1) is 0 Å². The second kappa shape index (κ2) is 6.12. The maximum Gasteiger partial charge on any atom is 0.312 e. The smallest absolute Gasteiger partial charge is 0.312 e. The Morgan fingerprint density at radius 1 is 1.47 bits per heavy atom. The zero-order valence-electron chi connectivity index (χ0n) is 8.84. The predicted molar refractivity (Wildman–Crippen MR) is 58.4 cm³/mol. The van der Waals surface area contributed by atoms with Crippen LogP contribution in [-0.4, -0.2) is 23.6 Å². The topological polar surface area (TPSA) is 99.4 Å². The number of nitrogens with zero attached hydrogens (tertiary/aromatic N) is 1. The van der Waals surface area contributed by atoms with Gasteiger partial charge >= 0.3 is 5.97 Å². The summed E-state index contributed by atoms with van der Waals surface area (Å²) in [6.45, 7) is -0.0907. The van der Waals surface area contributed by atoms with Gasteiger partial charge < -0.3 is 15.2 Å². The number of carbonyl (C=O) groups excluding carboxylic acids is 1. The van der Waals surface area contributed by atoms with Crippen LogP contribution in [0.2, 0.25) is 0 Å². The number of carbonyl (C=O) groups is 2. The lowest BCUT2D eigenvalue weighted by Crippen LogP contribution is -2.15. The summed E-state index contributed by atoms with van der Waals surface area (Å²) < 4.78 is 5.03. The van der Waals surface area contributed by atoms with E-state index in [1.54, 1.807) is 18.2 Å². The first-order valence-corrected chi connectivity index (χ1v) is 4.73. The zero-order valence-corrected chi connectivity index (χ0v) is 8.84. The molecule has 6 heteroatoms. The van der Waals surface area contributed by atoms with E-state index in [-0.39, 0.29) is 6.61 Å². The maximum atomic E-state index is 11.2. The summed E-state index contributed by atoms with van der Waals surface area (Å²) in [5.74, 6) is -1.38. The van der Waals surface area contributed by atoms with Crippen molar-refractivity contribution < 1.29 is 19.4 Å². The molecule has 6 nitrogen and oxygen atoms in total. The van der Waals surface area contributed by atoms with Gasteiger partial charge in [-0.25, -0.2) is 0 Å². The van der Waals surface area contributed by atoms with Crippen LogP contribution in [0.1, 0.15) is 6.42 Å². The number of ether oxygens (including phenoxy) is 1. The molecule has 0 aliphatic carbocycles. The second-order valence-corrected chi connectivity index (χ2v) is 3.09. The molecule has 0 heterocycles. The Bertz CT molecular complexity index is 465. The molecule has 0 saturated carbocycles. The molecule has 2 N–H and O–H groups in total. The van der Waals surface area contributed by atoms with Crippen molar-refractivity contribution in [3.63, 3.8) is 0 Å². The highest BCUT2D eigenvalue weighted by Crippen LogP contribution is 2.17. The van der Waals surface area contributed by atoms with Gasteiger partial charge in [-0.3, -0.25) is 9.59 Å². The van der Waals surface area contributed by atoms with E-state index >= 15 is 0 Å². The third-order valence-corrected chi connectivity index (χ3v) is 1.73. The molecular weight excluding hydrogens is 224 g/mol. The normalized spacial score (nSPS) is 9.12. The van der Waals surface area contributed by atoms with Crippen LogP contribution in [0, 0.1) is 11.3 Å². The van der Waals surface area contributed by atoms with Crippen molar-refractivity contribution in [2.75, 3.05) is 11.9 Å². The van der Waals surface area contributed by atoms with Crippen LogP contribution in [0.15, 0.2) is 24.3 Å². The van der Waals surface area contributed by atoms with Crippen molar-refractivity contribution in [2.24, 2.45) is 0 Å². The Morgan fingerprint density at radius 2 is 2.24 bits per heavy atom. The molecule has 1 rings (SSSR count). The first-order chi connectivity index (χ1) is 8.11. The molecule has 1 aromatic rings. The van der Waals surface area contributed by atoms with E-state index in [9.17, 15) is 9.59 Å². The van der Waals surface area contributed by atoms with Gasteiger partial charge in [0.2, 0.25) is 5.91 Å². The fourth-order valence-electron chi connectivity index (χ4n) is 1.12. The highest BCUT2D eigenvalue weighted by Gasteiger charge is 2.07. The van der Waals surface area contributed by atoms with E-state index in [1.165, 1.54) is 6.07 Å². The number of rotatable bonds is 5. The minimum atomic E-state index is -1.20. The maximum absolute atomic E-state index is 11.2. The van der Waals surface area contributed by atoms with Crippen LogP contribution in [0.25, 0.3) is 0 Å². The fraction of sp³-hybridized carbons (Fsp3) is 0.182. The molecule has 88 valence electrons. The Kier molecular flexibility index (Phi) is 4.51. The highest BCUT2D eigenvalue weighted by molar-refractivity contribution is 6.01. The van der Waals surface area contributed by atoms with E-state index < -0.39 is 18.3 Å². The minimum absolute atomic E-state index is 0.0907. The van der Waals surface area contributed by atoms with Crippen molar-refractivity contribution >= 4 is 17.6 Å². The zero-order chi connectivity index (χ0) is 12.7. The SMILES string of the molecule is N#CCOc1cccc(NC(=O)CC(=O)O)c1. The molecule has 1 aromatic carbocycles. The Hall–Kier alpha value is -2.55. The van der Waals surface area contributed by atoms with E-state index in [4.69, 9.17) is 15.1 Å². The van der Waals surface area contributed by atoms with Crippen molar-refractivity contribution in [3.8, 4) is 11.8 Å². The summed E-state index contributed by atoms with van der Waals surface area (Å²) in [6.07, 6.45) is -0.594. The third kappa shape index (κ3) is 4.66. The molecule has 17 heavy (non-hydrogen) atoms. The molecule has 0 fully saturated rings. The van der Waals surface area contributed by atoms with Gasteiger partial charge in [-0.2, -0.15) is 5.26 Å². The van der Waals surface area contributed by atoms with Crippen LogP contribution in [-0.2, 0) is 9.59 Å². The van der Waals surface area contributed by atoms with Crippen LogP contribution in [0.3, 0.4) is 0 Å². The number of aliphatic carboxylic acids is 1. The summed E-state index contributed by atoms with van der Waals surface area (Å²) in [5.41, 5.74) is 0.423. The van der Waals surface area contributed by atoms with Gasteiger partial charge in [0, 0.05) is 11.8 Å². The molecule has 0 bridgehead atoms. The largest absolute Gasteiger partial charge is 0.481 e. The Balaban J connectivity index is 2.62. The highest BCUT2D eigenvalue weighted by atomic mass is 16.5. The summed E-state index contributed by atoms with van der Waals surface area (Å²) in [5, 5.41) is 19.1. The second-order valence-electron chi connectivity index (χ2n) is 3.09. The van der Waals surface area contributed by atoms with Crippen LogP contribution in [0.5, 0.6) is 5.75 Å². The lowest BCUT2D eigenvalue weighted by atomic mass is 10.3. The molecular formula is C11H10N2O4. The summed E-state index contributed by atoms with van der Waals surface area (Å²) in [7, 11) is 0. The van der Waals surface area contributed by atoms with E-state index in [1.807, 2.05) is 6.07 Å². The van der Waals surface area contributed by atoms with Crippen LogP contribution >= 0.6 is 0 Å². The van der Waals surface area contributed by atoms with Gasteiger partial charge in [0.25, 0.3) is 0 Å². The lowest BCUT2D eigenvalue weighted by molar-refractivity contribution is -0.139. The molecule has 0 saturated heterocycles. The first-order valence-electron chi connectivity index (χ1n) is 4.73. The summed E-state index contributed by atoms with van der Waals surface area (Å²) in [4.78, 5) is 21.4. The van der Waals surface area contributed by atoms with E-state index in [2.05, 4.69) is 5.32 Å². The summed E-state index contributed by atoms with van der Waals surface area (Å²) in [6, 6.07) is 8.18. The number of hydrogen-bond acceptors (Lipinski definition) is 4. The number of amides is 1. The van der Waals surface area contributed by atoms with Gasteiger partial charge in [-0.15, -0.1) is 0 Å². The average Bonchev–Trinajstić information content (AvgIpc) is 2.25. The van der Waals surface area contributed by atoms with E-state index in [0.29, 0.717) is 11.4 Å². The number of hydrogen-bond donors (Lipinski definition) is 2. The van der Waals surface area contributed by atoms with Gasteiger partial charge in [0.1, 0.15) is 18.2 Å². The van der Waals surface area contributed by atoms with Crippen molar-refractivity contribution in [3.05, 3.63) is 24.3 Å². The number of benzene rings is 1. The number of nitriles is 1. The Morgan fingerprint density at radius 3 is 2.88 bits per heavy atom. The number of nitrogens with one attached hydrogen (secondary N) is 1. The molecule has 0 aliphatic rings. The molecule has 0 aromatic heterocycles. The van der Waals surface area contributed by atoms with E-state index in [0.717, 1.165) is 0 Å². The molecule has 0 aliphatic heterocycles. The number of anilines is 1. The van der Waals surface area contributed by atoms with Gasteiger partial charge in [-0.05, 0) is 12.1 Å². The monoisotopic (exact) mass is 234 g/mol. The number of carboxylic acids is 1. The predicted octanol–water partition coefficient (Wildman–Crippen LogP) is 1.00. The molecule has 0 unspecified atom stereocenters. The van der Waals surface area contributed by atoms with Gasteiger partial charge in [-0.1, -0.05) is 6.07 Å². The first kappa shape index (κ1) is 12.5. The van der Waals surface area contributed by atoms with Crippen molar-refractivity contribution in [2.45, 2.75) is 6.42 Å². The third-order valence-electron chi connectivity index (χ3n) is 1.73. The fourth-order valence-corrected chi connectivity index (χ4v) is 1.12. The molecule has 0 atom stereocenters. The number of carboxylic acid groups (broad SMARTS) is 1. The minimum Gasteiger partial charge on any atom is -0.481 e. The quantitative estimate of drug-likeness (QED) is 0.740. The molecule has 0 radical (unpaired) electrons.